The Balaban J connectivity index is 1.90. The Hall–Kier alpha value is -1.36. The van der Waals surface area contributed by atoms with Crippen molar-refractivity contribution in [3.05, 3.63) is 53.3 Å². The predicted molar refractivity (Wildman–Crippen MR) is 71.4 cm³/mol. The molecule has 0 saturated carbocycles. The topological polar surface area (TPSA) is 64.1 Å². The van der Waals surface area contributed by atoms with Gasteiger partial charge < -0.3 is 10.8 Å². The summed E-state index contributed by atoms with van der Waals surface area (Å²) in [5, 5.41) is 14.6. The van der Waals surface area contributed by atoms with Gasteiger partial charge in [-0.1, -0.05) is 41.9 Å². The zero-order valence-electron chi connectivity index (χ0n) is 9.91. The molecule has 1 aromatic carbocycles. The van der Waals surface area contributed by atoms with E-state index in [0.29, 0.717) is 18.0 Å². The highest BCUT2D eigenvalue weighted by Crippen LogP contribution is 2.08. The van der Waals surface area contributed by atoms with Crippen molar-refractivity contribution >= 4 is 11.6 Å². The van der Waals surface area contributed by atoms with Crippen LogP contribution in [0.5, 0.6) is 0 Å². The third-order valence-corrected chi connectivity index (χ3v) is 2.98. The number of aliphatic hydroxyl groups excluding tert-OH is 1. The van der Waals surface area contributed by atoms with Crippen LogP contribution in [0.25, 0.3) is 0 Å². The zero-order chi connectivity index (χ0) is 13.0. The molecule has 1 heterocycles. The maximum absolute atomic E-state index is 10.0. The molecule has 0 aliphatic heterocycles. The van der Waals surface area contributed by atoms with Crippen LogP contribution >= 0.6 is 11.6 Å². The summed E-state index contributed by atoms with van der Waals surface area (Å²) in [6.45, 7) is 0.348. The second kappa shape index (κ2) is 6.00. The van der Waals surface area contributed by atoms with Gasteiger partial charge in [-0.15, -0.1) is 0 Å². The largest absolute Gasteiger partial charge is 0.390 e. The summed E-state index contributed by atoms with van der Waals surface area (Å²) >= 11 is 5.76. The molecule has 2 rings (SSSR count). The lowest BCUT2D eigenvalue weighted by Crippen LogP contribution is -2.39. The third kappa shape index (κ3) is 3.57. The number of rotatable bonds is 5. The van der Waals surface area contributed by atoms with Gasteiger partial charge in [-0.3, -0.25) is 4.68 Å². The third-order valence-electron chi connectivity index (χ3n) is 2.78. The molecular formula is C13H16ClN3O. The van der Waals surface area contributed by atoms with Crippen molar-refractivity contribution in [2.24, 2.45) is 5.73 Å². The smallest absolute Gasteiger partial charge is 0.0889 e. The molecule has 4 nitrogen and oxygen atoms in total. The quantitative estimate of drug-likeness (QED) is 0.860. The highest BCUT2D eigenvalue weighted by atomic mass is 35.5. The number of benzene rings is 1. The van der Waals surface area contributed by atoms with Crippen LogP contribution < -0.4 is 5.73 Å². The Morgan fingerprint density at radius 2 is 2.06 bits per heavy atom. The summed E-state index contributed by atoms with van der Waals surface area (Å²) in [7, 11) is 0. The standard InChI is InChI=1S/C13H16ClN3O/c14-11-7-16-17(8-11)9-13(18)12(15)6-10-4-2-1-3-5-10/h1-5,7-8,12-13,18H,6,9,15H2. The van der Waals surface area contributed by atoms with Gasteiger partial charge in [0.25, 0.3) is 0 Å². The number of nitrogens with two attached hydrogens (primary N) is 1. The summed E-state index contributed by atoms with van der Waals surface area (Å²) < 4.78 is 1.60. The van der Waals surface area contributed by atoms with E-state index in [1.165, 1.54) is 6.20 Å². The molecule has 2 aromatic rings. The lowest BCUT2D eigenvalue weighted by atomic mass is 10.0. The number of hydrogen-bond acceptors (Lipinski definition) is 3. The fourth-order valence-electron chi connectivity index (χ4n) is 1.79. The van der Waals surface area contributed by atoms with E-state index < -0.39 is 6.10 Å². The van der Waals surface area contributed by atoms with Gasteiger partial charge >= 0.3 is 0 Å². The second-order valence-corrected chi connectivity index (χ2v) is 4.74. The van der Waals surface area contributed by atoms with Gasteiger partial charge in [-0.2, -0.15) is 5.10 Å². The van der Waals surface area contributed by atoms with Crippen LogP contribution in [0, 0.1) is 0 Å². The Morgan fingerprint density at radius 3 is 2.67 bits per heavy atom. The summed E-state index contributed by atoms with van der Waals surface area (Å²) in [6, 6.07) is 9.55. The van der Waals surface area contributed by atoms with E-state index in [1.54, 1.807) is 10.9 Å². The van der Waals surface area contributed by atoms with Gasteiger partial charge in [0.1, 0.15) is 0 Å². The minimum atomic E-state index is -0.652. The van der Waals surface area contributed by atoms with Crippen LogP contribution in [0.2, 0.25) is 5.02 Å². The van der Waals surface area contributed by atoms with Crippen molar-refractivity contribution < 1.29 is 5.11 Å². The average Bonchev–Trinajstić information content (AvgIpc) is 2.76. The molecule has 3 N–H and O–H groups in total. The molecule has 0 fully saturated rings. The summed E-state index contributed by atoms with van der Waals surface area (Å²) in [5.41, 5.74) is 7.09. The molecule has 0 radical (unpaired) electrons. The van der Waals surface area contributed by atoms with Gasteiger partial charge in [0, 0.05) is 12.2 Å². The van der Waals surface area contributed by atoms with Crippen LogP contribution in [0.15, 0.2) is 42.7 Å². The Bertz CT molecular complexity index is 486. The molecule has 2 atom stereocenters. The first kappa shape index (κ1) is 13.1. The summed E-state index contributed by atoms with van der Waals surface area (Å²) in [5.74, 6) is 0. The Labute approximate surface area is 111 Å². The fourth-order valence-corrected chi connectivity index (χ4v) is 1.94. The molecule has 18 heavy (non-hydrogen) atoms. The fraction of sp³-hybridized carbons (Fsp3) is 0.308. The number of aromatic nitrogens is 2. The van der Waals surface area contributed by atoms with E-state index in [4.69, 9.17) is 17.3 Å². The lowest BCUT2D eigenvalue weighted by molar-refractivity contribution is 0.121. The van der Waals surface area contributed by atoms with E-state index in [0.717, 1.165) is 5.56 Å². The molecule has 0 aliphatic rings. The number of hydrogen-bond donors (Lipinski definition) is 2. The first-order valence-electron chi connectivity index (χ1n) is 5.80. The highest BCUT2D eigenvalue weighted by Gasteiger charge is 2.16. The summed E-state index contributed by atoms with van der Waals surface area (Å²) in [4.78, 5) is 0. The van der Waals surface area contributed by atoms with Crippen molar-refractivity contribution in [1.82, 2.24) is 9.78 Å². The van der Waals surface area contributed by atoms with Crippen molar-refractivity contribution in [1.29, 1.82) is 0 Å². The molecule has 5 heteroatoms. The second-order valence-electron chi connectivity index (χ2n) is 4.30. The average molecular weight is 266 g/mol. The predicted octanol–water partition coefficient (Wildman–Crippen LogP) is 1.47. The maximum Gasteiger partial charge on any atom is 0.0889 e. The SMILES string of the molecule is NC(Cc1ccccc1)C(O)Cn1cc(Cl)cn1. The van der Waals surface area contributed by atoms with Crippen LogP contribution in [0.3, 0.4) is 0 Å². The van der Waals surface area contributed by atoms with Gasteiger partial charge in [0.05, 0.1) is 23.9 Å². The molecule has 0 amide bonds. The molecule has 0 saturated heterocycles. The van der Waals surface area contributed by atoms with E-state index in [1.807, 2.05) is 30.3 Å². The Morgan fingerprint density at radius 1 is 1.33 bits per heavy atom. The summed E-state index contributed by atoms with van der Waals surface area (Å²) in [6.07, 6.45) is 3.19. The first-order chi connectivity index (χ1) is 8.65. The molecular weight excluding hydrogens is 250 g/mol. The Kier molecular flexibility index (Phi) is 4.36. The number of halogens is 1. The monoisotopic (exact) mass is 265 g/mol. The van der Waals surface area contributed by atoms with Crippen LogP contribution in [0.1, 0.15) is 5.56 Å². The van der Waals surface area contributed by atoms with E-state index in [2.05, 4.69) is 5.10 Å². The van der Waals surface area contributed by atoms with Gasteiger partial charge in [0.2, 0.25) is 0 Å². The van der Waals surface area contributed by atoms with Crippen LogP contribution in [-0.2, 0) is 13.0 Å². The molecule has 96 valence electrons. The van der Waals surface area contributed by atoms with Crippen molar-refractivity contribution in [3.63, 3.8) is 0 Å². The normalized spacial score (nSPS) is 14.4. The number of aliphatic hydroxyl groups is 1. The molecule has 0 spiro atoms. The van der Waals surface area contributed by atoms with E-state index in [9.17, 15) is 5.11 Å². The van der Waals surface area contributed by atoms with E-state index >= 15 is 0 Å². The number of nitrogens with zero attached hydrogens (tertiary/aromatic N) is 2. The minimum absolute atomic E-state index is 0.324. The van der Waals surface area contributed by atoms with Crippen LogP contribution in [0.4, 0.5) is 0 Å². The van der Waals surface area contributed by atoms with Gasteiger partial charge in [-0.25, -0.2) is 0 Å². The minimum Gasteiger partial charge on any atom is -0.390 e. The van der Waals surface area contributed by atoms with Gasteiger partial charge in [-0.05, 0) is 12.0 Å². The maximum atomic E-state index is 10.0. The molecule has 1 aromatic heterocycles. The van der Waals surface area contributed by atoms with Crippen molar-refractivity contribution in [2.75, 3.05) is 0 Å². The lowest BCUT2D eigenvalue weighted by Gasteiger charge is -2.18. The van der Waals surface area contributed by atoms with E-state index in [-0.39, 0.29) is 6.04 Å². The first-order valence-corrected chi connectivity index (χ1v) is 6.18. The van der Waals surface area contributed by atoms with Gasteiger partial charge in [0.15, 0.2) is 0 Å². The van der Waals surface area contributed by atoms with Crippen molar-refractivity contribution in [2.45, 2.75) is 25.1 Å². The van der Waals surface area contributed by atoms with Crippen molar-refractivity contribution in [3.8, 4) is 0 Å². The highest BCUT2D eigenvalue weighted by molar-refractivity contribution is 6.30. The van der Waals surface area contributed by atoms with Crippen LogP contribution in [-0.4, -0.2) is 27.0 Å². The zero-order valence-corrected chi connectivity index (χ0v) is 10.7. The molecule has 0 aliphatic carbocycles. The molecule has 0 bridgehead atoms. The molecule has 2 unspecified atom stereocenters.